The van der Waals surface area contributed by atoms with E-state index in [9.17, 15) is 13.2 Å². The minimum Gasteiger partial charge on any atom is -0.355 e. The molecule has 1 N–H and O–H groups in total. The standard InChI is InChI=1S/C15H20F3N3/c16-15(17,18)12-5-7-20-14(8-12)21(9-11-3-4-11)10-13-2-1-6-19-13/h5,7-8,11,13,19H,1-4,6,9-10H2. The van der Waals surface area contributed by atoms with Crippen molar-refractivity contribution in [3.63, 3.8) is 0 Å². The van der Waals surface area contributed by atoms with Gasteiger partial charge < -0.3 is 10.2 Å². The smallest absolute Gasteiger partial charge is 0.355 e. The van der Waals surface area contributed by atoms with E-state index < -0.39 is 11.7 Å². The average Bonchev–Trinajstić information content (AvgIpc) is 3.11. The number of nitrogens with one attached hydrogen (secondary N) is 1. The molecular formula is C15H20F3N3. The van der Waals surface area contributed by atoms with Crippen molar-refractivity contribution in [3.8, 4) is 0 Å². The number of rotatable bonds is 5. The van der Waals surface area contributed by atoms with Crippen LogP contribution in [0.4, 0.5) is 19.0 Å². The van der Waals surface area contributed by atoms with E-state index in [-0.39, 0.29) is 0 Å². The molecule has 0 radical (unpaired) electrons. The van der Waals surface area contributed by atoms with Gasteiger partial charge in [0.25, 0.3) is 0 Å². The maximum Gasteiger partial charge on any atom is 0.416 e. The third-order valence-electron chi connectivity index (χ3n) is 4.18. The second-order valence-corrected chi connectivity index (χ2v) is 6.04. The van der Waals surface area contributed by atoms with Crippen LogP contribution in [-0.4, -0.2) is 30.7 Å². The van der Waals surface area contributed by atoms with Gasteiger partial charge >= 0.3 is 6.18 Å². The number of pyridine rings is 1. The highest BCUT2D eigenvalue weighted by Gasteiger charge is 2.32. The fourth-order valence-corrected chi connectivity index (χ4v) is 2.82. The maximum atomic E-state index is 12.9. The van der Waals surface area contributed by atoms with E-state index in [1.54, 1.807) is 0 Å². The number of aromatic nitrogens is 1. The fourth-order valence-electron chi connectivity index (χ4n) is 2.82. The molecule has 2 heterocycles. The third kappa shape index (κ3) is 3.87. The first-order chi connectivity index (χ1) is 10.0. The predicted octanol–water partition coefficient (Wildman–Crippen LogP) is 3.07. The Kier molecular flexibility index (Phi) is 4.06. The van der Waals surface area contributed by atoms with Crippen molar-refractivity contribution in [1.29, 1.82) is 0 Å². The highest BCUT2D eigenvalue weighted by atomic mass is 19.4. The van der Waals surface area contributed by atoms with Crippen molar-refractivity contribution in [2.24, 2.45) is 5.92 Å². The number of hydrogen-bond acceptors (Lipinski definition) is 3. The van der Waals surface area contributed by atoms with Crippen molar-refractivity contribution in [1.82, 2.24) is 10.3 Å². The second-order valence-electron chi connectivity index (χ2n) is 6.04. The molecule has 1 aromatic rings. The zero-order chi connectivity index (χ0) is 14.9. The predicted molar refractivity (Wildman–Crippen MR) is 75.2 cm³/mol. The molecule has 0 amide bonds. The van der Waals surface area contributed by atoms with Crippen LogP contribution in [0.2, 0.25) is 0 Å². The first-order valence-corrected chi connectivity index (χ1v) is 7.54. The van der Waals surface area contributed by atoms with Crippen LogP contribution in [0.1, 0.15) is 31.2 Å². The Hall–Kier alpha value is -1.30. The molecule has 116 valence electrons. The van der Waals surface area contributed by atoms with Gasteiger partial charge in [0.05, 0.1) is 5.56 Å². The largest absolute Gasteiger partial charge is 0.416 e. The normalized spacial score (nSPS) is 22.5. The average molecular weight is 299 g/mol. The maximum absolute atomic E-state index is 12.9. The van der Waals surface area contributed by atoms with Crippen LogP contribution in [0.15, 0.2) is 18.3 Å². The first-order valence-electron chi connectivity index (χ1n) is 7.54. The van der Waals surface area contributed by atoms with Gasteiger partial charge in [0, 0.05) is 25.3 Å². The van der Waals surface area contributed by atoms with E-state index in [0.29, 0.717) is 17.8 Å². The Morgan fingerprint density at radius 1 is 1.24 bits per heavy atom. The topological polar surface area (TPSA) is 28.2 Å². The number of halogens is 3. The van der Waals surface area contributed by atoms with Crippen molar-refractivity contribution in [3.05, 3.63) is 23.9 Å². The molecule has 1 aromatic heterocycles. The lowest BCUT2D eigenvalue weighted by Gasteiger charge is -2.27. The van der Waals surface area contributed by atoms with Gasteiger partial charge in [0.1, 0.15) is 5.82 Å². The van der Waals surface area contributed by atoms with E-state index in [2.05, 4.69) is 10.3 Å². The van der Waals surface area contributed by atoms with E-state index in [0.717, 1.165) is 38.5 Å². The number of hydrogen-bond donors (Lipinski definition) is 1. The van der Waals surface area contributed by atoms with Gasteiger partial charge in [-0.1, -0.05) is 0 Å². The molecule has 6 heteroatoms. The Labute approximate surface area is 122 Å². The summed E-state index contributed by atoms with van der Waals surface area (Å²) in [5.74, 6) is 1.06. The lowest BCUT2D eigenvalue weighted by molar-refractivity contribution is -0.137. The zero-order valence-corrected chi connectivity index (χ0v) is 11.9. The van der Waals surface area contributed by atoms with Gasteiger partial charge in [0.15, 0.2) is 0 Å². The SMILES string of the molecule is FC(F)(F)c1ccnc(N(CC2CC2)CC2CCCN2)c1. The van der Waals surface area contributed by atoms with Crippen molar-refractivity contribution >= 4 is 5.82 Å². The summed E-state index contributed by atoms with van der Waals surface area (Å²) in [4.78, 5) is 6.20. The molecule has 1 saturated heterocycles. The first kappa shape index (κ1) is 14.6. The summed E-state index contributed by atoms with van der Waals surface area (Å²) in [6.45, 7) is 2.55. The van der Waals surface area contributed by atoms with E-state index in [1.807, 2.05) is 4.90 Å². The van der Waals surface area contributed by atoms with Gasteiger partial charge in [-0.2, -0.15) is 13.2 Å². The zero-order valence-electron chi connectivity index (χ0n) is 11.9. The Morgan fingerprint density at radius 2 is 2.05 bits per heavy atom. The highest BCUT2D eigenvalue weighted by molar-refractivity contribution is 5.42. The summed E-state index contributed by atoms with van der Waals surface area (Å²) in [7, 11) is 0. The van der Waals surface area contributed by atoms with Gasteiger partial charge in [-0.25, -0.2) is 4.98 Å². The van der Waals surface area contributed by atoms with Crippen LogP contribution in [0, 0.1) is 5.92 Å². The Balaban J connectivity index is 1.77. The summed E-state index contributed by atoms with van der Waals surface area (Å²) in [5, 5.41) is 3.40. The van der Waals surface area contributed by atoms with Crippen LogP contribution in [0.3, 0.4) is 0 Å². The fraction of sp³-hybridized carbons (Fsp3) is 0.667. The molecular weight excluding hydrogens is 279 g/mol. The van der Waals surface area contributed by atoms with Gasteiger partial charge in [-0.3, -0.25) is 0 Å². The van der Waals surface area contributed by atoms with Crippen LogP contribution >= 0.6 is 0 Å². The van der Waals surface area contributed by atoms with Crippen molar-refractivity contribution in [2.75, 3.05) is 24.5 Å². The summed E-state index contributed by atoms with van der Waals surface area (Å²) >= 11 is 0. The molecule has 0 aromatic carbocycles. The molecule has 1 aliphatic heterocycles. The lowest BCUT2D eigenvalue weighted by atomic mass is 10.2. The summed E-state index contributed by atoms with van der Waals surface area (Å²) in [5.41, 5.74) is -0.618. The van der Waals surface area contributed by atoms with E-state index in [1.165, 1.54) is 25.1 Å². The Morgan fingerprint density at radius 3 is 2.67 bits per heavy atom. The van der Waals surface area contributed by atoms with Gasteiger partial charge in [0.2, 0.25) is 0 Å². The molecule has 1 saturated carbocycles. The summed E-state index contributed by atoms with van der Waals surface area (Å²) in [6, 6.07) is 2.57. The molecule has 0 bridgehead atoms. The van der Waals surface area contributed by atoms with E-state index >= 15 is 0 Å². The lowest BCUT2D eigenvalue weighted by Crippen LogP contribution is -2.39. The molecule has 1 aliphatic carbocycles. The van der Waals surface area contributed by atoms with E-state index in [4.69, 9.17) is 0 Å². The third-order valence-corrected chi connectivity index (χ3v) is 4.18. The minimum absolute atomic E-state index is 0.361. The van der Waals surface area contributed by atoms with Gasteiger partial charge in [-0.15, -0.1) is 0 Å². The molecule has 0 spiro atoms. The molecule has 1 unspecified atom stereocenters. The van der Waals surface area contributed by atoms with Crippen molar-refractivity contribution < 1.29 is 13.2 Å². The molecule has 1 atom stereocenters. The number of anilines is 1. The number of nitrogens with zero attached hydrogens (tertiary/aromatic N) is 2. The molecule has 3 nitrogen and oxygen atoms in total. The molecule has 2 fully saturated rings. The summed E-state index contributed by atoms with van der Waals surface area (Å²) < 4.78 is 38.6. The summed E-state index contributed by atoms with van der Waals surface area (Å²) in [6.07, 6.45) is 1.52. The molecule has 2 aliphatic rings. The van der Waals surface area contributed by atoms with Crippen LogP contribution < -0.4 is 10.2 Å². The van der Waals surface area contributed by atoms with Crippen LogP contribution in [-0.2, 0) is 6.18 Å². The quantitative estimate of drug-likeness (QED) is 0.905. The van der Waals surface area contributed by atoms with Crippen LogP contribution in [0.25, 0.3) is 0 Å². The highest BCUT2D eigenvalue weighted by Crippen LogP contribution is 2.34. The van der Waals surface area contributed by atoms with Gasteiger partial charge in [-0.05, 0) is 50.3 Å². The van der Waals surface area contributed by atoms with Crippen molar-refractivity contribution in [2.45, 2.75) is 37.9 Å². The monoisotopic (exact) mass is 299 g/mol. The molecule has 21 heavy (non-hydrogen) atoms. The molecule has 3 rings (SSSR count). The minimum atomic E-state index is -4.31. The number of alkyl halides is 3. The van der Waals surface area contributed by atoms with Crippen LogP contribution in [0.5, 0.6) is 0 Å². The Bertz CT molecular complexity index is 479. The second kappa shape index (κ2) is 5.83.